The Bertz CT molecular complexity index is 677. The predicted octanol–water partition coefficient (Wildman–Crippen LogP) is 3.59. The van der Waals surface area contributed by atoms with Crippen molar-refractivity contribution < 1.29 is 0 Å². The van der Waals surface area contributed by atoms with Crippen LogP contribution in [0.25, 0.3) is 11.4 Å². The van der Waals surface area contributed by atoms with E-state index in [-0.39, 0.29) is 0 Å². The summed E-state index contributed by atoms with van der Waals surface area (Å²) in [5.74, 6) is 6.08. The number of nitrogen functional groups attached to an aromatic ring is 1. The van der Waals surface area contributed by atoms with Crippen molar-refractivity contribution >= 4 is 5.69 Å². The van der Waals surface area contributed by atoms with Gasteiger partial charge in [-0.05, 0) is 67.9 Å². The lowest BCUT2D eigenvalue weighted by atomic mass is 9.52. The zero-order chi connectivity index (χ0) is 14.7. The molecule has 1 aromatic heterocycles. The molecule has 114 valence electrons. The largest absolute Gasteiger partial charge is 0.398 e. The quantitative estimate of drug-likeness (QED) is 0.832. The van der Waals surface area contributed by atoms with Gasteiger partial charge in [0.25, 0.3) is 0 Å². The number of anilines is 1. The van der Waals surface area contributed by atoms with Gasteiger partial charge in [-0.3, -0.25) is 5.10 Å². The topological polar surface area (TPSA) is 67.6 Å². The lowest BCUT2D eigenvalue weighted by Gasteiger charge is -2.53. The van der Waals surface area contributed by atoms with E-state index < -0.39 is 0 Å². The number of benzene rings is 1. The van der Waals surface area contributed by atoms with Gasteiger partial charge in [0, 0.05) is 17.2 Å². The molecule has 4 heteroatoms. The highest BCUT2D eigenvalue weighted by Crippen LogP contribution is 2.59. The summed E-state index contributed by atoms with van der Waals surface area (Å²) in [5, 5.41) is 7.71. The molecule has 0 saturated heterocycles. The third-order valence-corrected chi connectivity index (χ3v) is 6.25. The van der Waals surface area contributed by atoms with Gasteiger partial charge in [-0.2, -0.15) is 5.10 Å². The maximum Gasteiger partial charge on any atom is 0.183 e. The van der Waals surface area contributed by atoms with E-state index in [1.807, 2.05) is 24.3 Å². The minimum Gasteiger partial charge on any atom is -0.398 e. The van der Waals surface area contributed by atoms with Crippen LogP contribution in [0.1, 0.15) is 43.8 Å². The number of aromatic nitrogens is 3. The van der Waals surface area contributed by atoms with E-state index in [0.29, 0.717) is 5.92 Å². The second kappa shape index (κ2) is 4.58. The van der Waals surface area contributed by atoms with Crippen LogP contribution in [-0.2, 0) is 0 Å². The van der Waals surface area contributed by atoms with Gasteiger partial charge in [-0.25, -0.2) is 4.98 Å². The van der Waals surface area contributed by atoms with Crippen molar-refractivity contribution in [1.82, 2.24) is 15.2 Å². The van der Waals surface area contributed by atoms with Gasteiger partial charge in [-0.15, -0.1) is 0 Å². The summed E-state index contributed by atoms with van der Waals surface area (Å²) in [6.07, 6.45) is 7.10. The number of H-pyrrole nitrogens is 1. The molecular formula is C18H22N4. The molecule has 3 N–H and O–H groups in total. The van der Waals surface area contributed by atoms with Crippen LogP contribution in [0.2, 0.25) is 0 Å². The van der Waals surface area contributed by atoms with Gasteiger partial charge in [-0.1, -0.05) is 12.1 Å². The first kappa shape index (κ1) is 12.7. The number of nitrogens with zero attached hydrogens (tertiary/aromatic N) is 2. The fourth-order valence-corrected chi connectivity index (χ4v) is 5.62. The zero-order valence-electron chi connectivity index (χ0n) is 12.7. The molecule has 4 aliphatic rings. The van der Waals surface area contributed by atoms with Crippen molar-refractivity contribution in [3.8, 4) is 11.4 Å². The minimum absolute atomic E-state index is 0.596. The van der Waals surface area contributed by atoms with Gasteiger partial charge in [0.05, 0.1) is 0 Å². The summed E-state index contributed by atoms with van der Waals surface area (Å²) in [4.78, 5) is 4.84. The number of rotatable bonds is 2. The van der Waals surface area contributed by atoms with E-state index in [2.05, 4.69) is 10.2 Å². The van der Waals surface area contributed by atoms with Gasteiger partial charge in [0.1, 0.15) is 5.82 Å². The zero-order valence-corrected chi connectivity index (χ0v) is 12.7. The molecule has 6 rings (SSSR count). The standard InChI is InChI=1S/C18H22N4/c19-15-4-2-1-3-14(15)17-20-18(22-21-17)16-12-6-10-5-11(8-12)9-13(16)7-10/h1-4,10-13,16H,5-9,19H2,(H,20,21,22). The number of aromatic amines is 1. The van der Waals surface area contributed by atoms with Crippen molar-refractivity contribution in [1.29, 1.82) is 0 Å². The minimum atomic E-state index is 0.596. The number of nitrogens with one attached hydrogen (secondary N) is 1. The van der Waals surface area contributed by atoms with Crippen LogP contribution in [-0.4, -0.2) is 15.2 Å². The number of hydrogen-bond donors (Lipinski definition) is 2. The van der Waals surface area contributed by atoms with Crippen LogP contribution in [0, 0.1) is 23.7 Å². The summed E-state index contributed by atoms with van der Waals surface area (Å²) >= 11 is 0. The Kier molecular flexibility index (Phi) is 2.64. The Morgan fingerprint density at radius 2 is 1.64 bits per heavy atom. The van der Waals surface area contributed by atoms with E-state index in [4.69, 9.17) is 10.7 Å². The van der Waals surface area contributed by atoms with Gasteiger partial charge in [0.15, 0.2) is 5.82 Å². The van der Waals surface area contributed by atoms with Crippen LogP contribution < -0.4 is 5.73 Å². The molecular weight excluding hydrogens is 272 g/mol. The molecule has 4 bridgehead atoms. The fourth-order valence-electron chi connectivity index (χ4n) is 5.62. The maximum absolute atomic E-state index is 6.06. The van der Waals surface area contributed by atoms with Crippen molar-refractivity contribution in [2.75, 3.05) is 5.73 Å². The molecule has 1 heterocycles. The monoisotopic (exact) mass is 294 g/mol. The van der Waals surface area contributed by atoms with Crippen LogP contribution in [0.5, 0.6) is 0 Å². The first-order chi connectivity index (χ1) is 10.8. The molecule has 0 amide bonds. The van der Waals surface area contributed by atoms with Crippen LogP contribution in [0.4, 0.5) is 5.69 Å². The number of para-hydroxylation sites is 1. The van der Waals surface area contributed by atoms with E-state index >= 15 is 0 Å². The summed E-state index contributed by atoms with van der Waals surface area (Å²) in [5.41, 5.74) is 7.75. The van der Waals surface area contributed by atoms with Crippen molar-refractivity contribution in [3.63, 3.8) is 0 Å². The second-order valence-corrected chi connectivity index (χ2v) is 7.59. The normalized spacial score (nSPS) is 35.9. The van der Waals surface area contributed by atoms with Gasteiger partial charge < -0.3 is 5.73 Å². The predicted molar refractivity (Wildman–Crippen MR) is 86.0 cm³/mol. The first-order valence-electron chi connectivity index (χ1n) is 8.55. The highest BCUT2D eigenvalue weighted by Gasteiger charge is 2.49. The third kappa shape index (κ3) is 1.82. The molecule has 4 aliphatic carbocycles. The Morgan fingerprint density at radius 1 is 0.955 bits per heavy atom. The highest BCUT2D eigenvalue weighted by molar-refractivity contribution is 5.70. The summed E-state index contributed by atoms with van der Waals surface area (Å²) in [7, 11) is 0. The molecule has 0 spiro atoms. The Morgan fingerprint density at radius 3 is 2.32 bits per heavy atom. The second-order valence-electron chi connectivity index (χ2n) is 7.59. The summed E-state index contributed by atoms with van der Waals surface area (Å²) in [6.45, 7) is 0. The molecule has 0 aliphatic heterocycles. The SMILES string of the molecule is Nc1ccccc1-c1n[nH]c(C2C3CC4CC(C3)CC2C4)n1. The molecule has 4 saturated carbocycles. The van der Waals surface area contributed by atoms with Crippen molar-refractivity contribution in [3.05, 3.63) is 30.1 Å². The van der Waals surface area contributed by atoms with E-state index in [9.17, 15) is 0 Å². The first-order valence-corrected chi connectivity index (χ1v) is 8.55. The highest BCUT2D eigenvalue weighted by atomic mass is 15.2. The van der Waals surface area contributed by atoms with E-state index in [0.717, 1.165) is 46.6 Å². The van der Waals surface area contributed by atoms with Crippen molar-refractivity contribution in [2.45, 2.75) is 38.0 Å². The molecule has 1 aromatic carbocycles. The lowest BCUT2D eigenvalue weighted by Crippen LogP contribution is -2.44. The summed E-state index contributed by atoms with van der Waals surface area (Å²) < 4.78 is 0. The van der Waals surface area contributed by atoms with Gasteiger partial charge in [0.2, 0.25) is 0 Å². The molecule has 0 atom stereocenters. The average molecular weight is 294 g/mol. The van der Waals surface area contributed by atoms with Crippen LogP contribution in [0.3, 0.4) is 0 Å². The third-order valence-electron chi connectivity index (χ3n) is 6.25. The molecule has 4 nitrogen and oxygen atoms in total. The van der Waals surface area contributed by atoms with Crippen LogP contribution in [0.15, 0.2) is 24.3 Å². The van der Waals surface area contributed by atoms with Gasteiger partial charge >= 0.3 is 0 Å². The molecule has 0 unspecified atom stereocenters. The molecule has 22 heavy (non-hydrogen) atoms. The maximum atomic E-state index is 6.06. The lowest BCUT2D eigenvalue weighted by molar-refractivity contribution is -0.00552. The Hall–Kier alpha value is -1.84. The number of nitrogens with two attached hydrogens (primary N) is 1. The molecule has 4 fully saturated rings. The summed E-state index contributed by atoms with van der Waals surface area (Å²) in [6, 6.07) is 7.85. The average Bonchev–Trinajstić information content (AvgIpc) is 2.96. The van der Waals surface area contributed by atoms with Crippen LogP contribution >= 0.6 is 0 Å². The Balaban J connectivity index is 1.49. The van der Waals surface area contributed by atoms with Crippen molar-refractivity contribution in [2.24, 2.45) is 23.7 Å². The smallest absolute Gasteiger partial charge is 0.183 e. The van der Waals surface area contributed by atoms with E-state index in [1.54, 1.807) is 0 Å². The molecule has 0 radical (unpaired) electrons. The Labute approximate surface area is 130 Å². The van der Waals surface area contributed by atoms with E-state index in [1.165, 1.54) is 32.1 Å². The fraction of sp³-hybridized carbons (Fsp3) is 0.556. The number of hydrogen-bond acceptors (Lipinski definition) is 3. The molecule has 2 aromatic rings.